The van der Waals surface area contributed by atoms with E-state index in [2.05, 4.69) is 34.6 Å². The number of aryl methyl sites for hydroxylation is 1. The molecule has 1 saturated carbocycles. The zero-order valence-corrected chi connectivity index (χ0v) is 12.2. The molecule has 4 rings (SSSR count). The molecule has 0 aliphatic heterocycles. The van der Waals surface area contributed by atoms with Gasteiger partial charge in [0, 0.05) is 17.7 Å². The molecule has 0 bridgehead atoms. The molecule has 1 fully saturated rings. The van der Waals surface area contributed by atoms with Crippen molar-refractivity contribution >= 4 is 11.7 Å². The van der Waals surface area contributed by atoms with E-state index in [1.807, 2.05) is 0 Å². The summed E-state index contributed by atoms with van der Waals surface area (Å²) in [5.74, 6) is -0.913. The van der Waals surface area contributed by atoms with Crippen LogP contribution in [0.5, 0.6) is 0 Å². The van der Waals surface area contributed by atoms with Crippen molar-refractivity contribution in [2.24, 2.45) is 0 Å². The lowest BCUT2D eigenvalue weighted by Gasteiger charge is -2.27. The summed E-state index contributed by atoms with van der Waals surface area (Å²) < 4.78 is 0. The van der Waals surface area contributed by atoms with Crippen molar-refractivity contribution < 1.29 is 9.90 Å². The van der Waals surface area contributed by atoms with Gasteiger partial charge in [0.15, 0.2) is 0 Å². The van der Waals surface area contributed by atoms with Crippen LogP contribution in [0.15, 0.2) is 42.7 Å². The summed E-state index contributed by atoms with van der Waals surface area (Å²) in [4.78, 5) is 15.4. The van der Waals surface area contributed by atoms with Crippen molar-refractivity contribution in [3.05, 3.63) is 59.4 Å². The number of hydrogen-bond acceptors (Lipinski definition) is 3. The molecule has 1 heterocycles. The molecule has 22 heavy (non-hydrogen) atoms. The van der Waals surface area contributed by atoms with E-state index >= 15 is 0 Å². The van der Waals surface area contributed by atoms with Gasteiger partial charge >= 0.3 is 5.97 Å². The molecule has 2 aromatic rings. The monoisotopic (exact) mass is 294 g/mol. The minimum Gasteiger partial charge on any atom is -0.478 e. The Kier molecular flexibility index (Phi) is 2.93. The van der Waals surface area contributed by atoms with Crippen LogP contribution in [-0.2, 0) is 11.8 Å². The van der Waals surface area contributed by atoms with E-state index in [4.69, 9.17) is 0 Å². The van der Waals surface area contributed by atoms with Gasteiger partial charge in [-0.3, -0.25) is 4.98 Å². The second-order valence-corrected chi connectivity index (χ2v) is 6.29. The lowest BCUT2D eigenvalue weighted by molar-refractivity contribution is 0.0698. The Hall–Kier alpha value is -2.36. The largest absolute Gasteiger partial charge is 0.478 e. The summed E-state index contributed by atoms with van der Waals surface area (Å²) in [6, 6.07) is 10.5. The molecule has 2 N–H and O–H groups in total. The van der Waals surface area contributed by atoms with Gasteiger partial charge in [0.1, 0.15) is 0 Å². The number of aromatic carboxylic acids is 1. The maximum atomic E-state index is 11.3. The second kappa shape index (κ2) is 4.83. The number of aromatic nitrogens is 1. The maximum absolute atomic E-state index is 11.3. The Balaban J connectivity index is 1.63. The highest BCUT2D eigenvalue weighted by atomic mass is 16.4. The van der Waals surface area contributed by atoms with Crippen LogP contribution in [0.1, 0.15) is 40.7 Å². The Labute approximate surface area is 129 Å². The molecule has 0 saturated heterocycles. The molecule has 2 aliphatic rings. The van der Waals surface area contributed by atoms with Crippen molar-refractivity contribution in [1.29, 1.82) is 0 Å². The van der Waals surface area contributed by atoms with Crippen molar-refractivity contribution in [2.75, 3.05) is 5.32 Å². The van der Waals surface area contributed by atoms with Crippen LogP contribution >= 0.6 is 0 Å². The van der Waals surface area contributed by atoms with Gasteiger partial charge in [-0.15, -0.1) is 0 Å². The van der Waals surface area contributed by atoms with E-state index < -0.39 is 5.97 Å². The SMILES string of the molecule is O=C(O)c1ccncc1N[C@@H]1C[C@]12CCCc1ccccc12. The van der Waals surface area contributed by atoms with Crippen molar-refractivity contribution in [2.45, 2.75) is 37.1 Å². The van der Waals surface area contributed by atoms with E-state index in [1.165, 1.54) is 30.2 Å². The highest BCUT2D eigenvalue weighted by molar-refractivity contribution is 5.94. The normalized spacial score (nSPS) is 25.5. The molecule has 4 heteroatoms. The smallest absolute Gasteiger partial charge is 0.337 e. The number of carboxylic acids is 1. The van der Waals surface area contributed by atoms with Crippen LogP contribution in [0, 0.1) is 0 Å². The first-order valence-electron chi connectivity index (χ1n) is 7.73. The fourth-order valence-electron chi connectivity index (χ4n) is 3.91. The summed E-state index contributed by atoms with van der Waals surface area (Å²) in [6.45, 7) is 0. The number of benzene rings is 1. The van der Waals surface area contributed by atoms with E-state index in [-0.39, 0.29) is 5.41 Å². The molecular weight excluding hydrogens is 276 g/mol. The first kappa shape index (κ1) is 13.3. The highest BCUT2D eigenvalue weighted by Crippen LogP contribution is 2.56. The molecule has 2 aliphatic carbocycles. The van der Waals surface area contributed by atoms with Crippen molar-refractivity contribution in [3.8, 4) is 0 Å². The van der Waals surface area contributed by atoms with Crippen LogP contribution in [0.25, 0.3) is 0 Å². The summed E-state index contributed by atoms with van der Waals surface area (Å²) in [5.41, 5.74) is 3.99. The summed E-state index contributed by atoms with van der Waals surface area (Å²) >= 11 is 0. The average Bonchev–Trinajstić information content (AvgIpc) is 3.21. The second-order valence-electron chi connectivity index (χ2n) is 6.29. The maximum Gasteiger partial charge on any atom is 0.337 e. The zero-order valence-electron chi connectivity index (χ0n) is 12.2. The van der Waals surface area contributed by atoms with E-state index in [0.717, 1.165) is 12.8 Å². The van der Waals surface area contributed by atoms with Gasteiger partial charge in [0.2, 0.25) is 0 Å². The van der Waals surface area contributed by atoms with Crippen molar-refractivity contribution in [3.63, 3.8) is 0 Å². The van der Waals surface area contributed by atoms with Gasteiger partial charge in [0.25, 0.3) is 0 Å². The number of nitrogens with zero attached hydrogens (tertiary/aromatic N) is 1. The summed E-state index contributed by atoms with van der Waals surface area (Å²) in [5, 5.41) is 12.7. The zero-order chi connectivity index (χ0) is 15.2. The molecule has 1 spiro atoms. The molecule has 1 aromatic carbocycles. The quantitative estimate of drug-likeness (QED) is 0.912. The topological polar surface area (TPSA) is 62.2 Å². The number of carbonyl (C=O) groups is 1. The third-order valence-electron chi connectivity index (χ3n) is 5.08. The van der Waals surface area contributed by atoms with E-state index in [1.54, 1.807) is 12.3 Å². The Morgan fingerprint density at radius 1 is 1.32 bits per heavy atom. The fraction of sp³-hybridized carbons (Fsp3) is 0.333. The van der Waals surface area contributed by atoms with Crippen LogP contribution in [0.3, 0.4) is 0 Å². The lowest BCUT2D eigenvalue weighted by Crippen LogP contribution is -2.24. The van der Waals surface area contributed by atoms with E-state index in [9.17, 15) is 9.90 Å². The van der Waals surface area contributed by atoms with Crippen LogP contribution in [0.4, 0.5) is 5.69 Å². The minimum atomic E-state index is -0.913. The Morgan fingerprint density at radius 3 is 3.05 bits per heavy atom. The summed E-state index contributed by atoms with van der Waals surface area (Å²) in [7, 11) is 0. The Morgan fingerprint density at radius 2 is 2.18 bits per heavy atom. The van der Waals surface area contributed by atoms with Crippen LogP contribution in [0.2, 0.25) is 0 Å². The van der Waals surface area contributed by atoms with Gasteiger partial charge in [-0.05, 0) is 42.9 Å². The number of nitrogens with one attached hydrogen (secondary N) is 1. The lowest BCUT2D eigenvalue weighted by atomic mass is 9.79. The number of hydrogen-bond donors (Lipinski definition) is 2. The minimum absolute atomic E-state index is 0.181. The number of pyridine rings is 1. The predicted octanol–water partition coefficient (Wildman–Crippen LogP) is 3.24. The molecular formula is C18H18N2O2. The van der Waals surface area contributed by atoms with Gasteiger partial charge in [0.05, 0.1) is 17.4 Å². The van der Waals surface area contributed by atoms with E-state index in [0.29, 0.717) is 17.3 Å². The van der Waals surface area contributed by atoms with Gasteiger partial charge in [-0.25, -0.2) is 4.79 Å². The van der Waals surface area contributed by atoms with Crippen molar-refractivity contribution in [1.82, 2.24) is 4.98 Å². The number of rotatable bonds is 3. The van der Waals surface area contributed by atoms with Crippen LogP contribution < -0.4 is 5.32 Å². The molecule has 4 nitrogen and oxygen atoms in total. The molecule has 2 atom stereocenters. The third kappa shape index (κ3) is 1.98. The molecule has 112 valence electrons. The molecule has 0 unspecified atom stereocenters. The average molecular weight is 294 g/mol. The first-order chi connectivity index (χ1) is 10.7. The van der Waals surface area contributed by atoms with Crippen LogP contribution in [-0.4, -0.2) is 22.1 Å². The molecule has 1 aromatic heterocycles. The Bertz CT molecular complexity index is 743. The van der Waals surface area contributed by atoms with Gasteiger partial charge in [-0.1, -0.05) is 24.3 Å². The molecule has 0 radical (unpaired) electrons. The first-order valence-corrected chi connectivity index (χ1v) is 7.73. The van der Waals surface area contributed by atoms with Gasteiger partial charge < -0.3 is 10.4 Å². The summed E-state index contributed by atoms with van der Waals surface area (Å²) in [6.07, 6.45) is 7.73. The standard InChI is InChI=1S/C18H18N2O2/c21-17(22)13-7-9-19-11-15(13)20-16-10-18(16)8-3-5-12-4-1-2-6-14(12)18/h1-2,4,6-7,9,11,16,20H,3,5,8,10H2,(H,21,22)/t16-,18+/m1/s1. The molecule has 0 amide bonds. The third-order valence-corrected chi connectivity index (χ3v) is 5.08. The number of anilines is 1. The highest BCUT2D eigenvalue weighted by Gasteiger charge is 2.56. The number of fused-ring (bicyclic) bond motifs is 2. The van der Waals surface area contributed by atoms with Gasteiger partial charge in [-0.2, -0.15) is 0 Å². The predicted molar refractivity (Wildman–Crippen MR) is 84.3 cm³/mol. The fourth-order valence-corrected chi connectivity index (χ4v) is 3.91. The number of carboxylic acid groups (broad SMARTS) is 1.